The minimum Gasteiger partial charge on any atom is -0.380 e. The summed E-state index contributed by atoms with van der Waals surface area (Å²) in [5, 5.41) is 3.06. The normalized spacial score (nSPS) is 14.9. The third-order valence-electron chi connectivity index (χ3n) is 5.29. The van der Waals surface area contributed by atoms with Crippen LogP contribution in [0.1, 0.15) is 29.5 Å². The van der Waals surface area contributed by atoms with Crippen molar-refractivity contribution in [1.82, 2.24) is 10.2 Å². The molecule has 2 aromatic rings. The highest BCUT2D eigenvalue weighted by atomic mass is 16.5. The maximum absolute atomic E-state index is 12.4. The van der Waals surface area contributed by atoms with E-state index in [1.54, 1.807) is 7.11 Å². The van der Waals surface area contributed by atoms with Gasteiger partial charge in [-0.2, -0.15) is 0 Å². The van der Waals surface area contributed by atoms with Crippen LogP contribution in [0.25, 0.3) is 0 Å². The second kappa shape index (κ2) is 10.1. The molecule has 27 heavy (non-hydrogen) atoms. The Morgan fingerprint density at radius 3 is 2.33 bits per heavy atom. The fourth-order valence-electron chi connectivity index (χ4n) is 3.68. The van der Waals surface area contributed by atoms with Gasteiger partial charge in [-0.1, -0.05) is 54.6 Å². The molecular formula is C23H30N2O2. The average Bonchev–Trinajstić information content (AvgIpc) is 2.71. The zero-order valence-corrected chi connectivity index (χ0v) is 16.2. The number of ether oxygens (including phenoxy) is 1. The molecule has 0 saturated carbocycles. The summed E-state index contributed by atoms with van der Waals surface area (Å²) in [6.45, 7) is 3.06. The van der Waals surface area contributed by atoms with Crippen LogP contribution in [-0.4, -0.2) is 37.7 Å². The number of hydrogen-bond acceptors (Lipinski definition) is 2. The molecule has 0 radical (unpaired) electrons. The fraction of sp³-hybridized carbons (Fsp3) is 0.435. The van der Waals surface area contributed by atoms with Crippen molar-refractivity contribution in [2.24, 2.45) is 5.92 Å². The van der Waals surface area contributed by atoms with Gasteiger partial charge in [0.2, 0.25) is 0 Å². The van der Waals surface area contributed by atoms with Crippen molar-refractivity contribution in [1.29, 1.82) is 0 Å². The maximum atomic E-state index is 12.4. The molecule has 0 aliphatic carbocycles. The highest BCUT2D eigenvalue weighted by Gasteiger charge is 2.22. The number of methoxy groups -OCH3 is 1. The molecule has 4 nitrogen and oxygen atoms in total. The number of carbonyl (C=O) groups is 1. The highest BCUT2D eigenvalue weighted by molar-refractivity contribution is 5.74. The molecule has 144 valence electrons. The standard InChI is InChI=1S/C23H30N2O2/c1-27-18-22-9-7-20(8-10-22)17-21-12-15-25(16-13-21)23(26)24-14-11-19-5-3-2-4-6-19/h2-10,21H,11-18H2,1H3,(H,24,26). The largest absolute Gasteiger partial charge is 0.380 e. The number of nitrogens with one attached hydrogen (secondary N) is 1. The molecule has 2 aromatic carbocycles. The van der Waals surface area contributed by atoms with Crippen LogP contribution in [0.2, 0.25) is 0 Å². The quantitative estimate of drug-likeness (QED) is 0.803. The van der Waals surface area contributed by atoms with Gasteiger partial charge in [0.15, 0.2) is 0 Å². The van der Waals surface area contributed by atoms with E-state index < -0.39 is 0 Å². The lowest BCUT2D eigenvalue weighted by molar-refractivity contribution is 0.170. The molecule has 3 rings (SSSR count). The second-order valence-electron chi connectivity index (χ2n) is 7.35. The van der Waals surface area contributed by atoms with Crippen LogP contribution < -0.4 is 5.32 Å². The Kier molecular flexibility index (Phi) is 7.28. The molecular weight excluding hydrogens is 336 g/mol. The van der Waals surface area contributed by atoms with Gasteiger partial charge in [0.25, 0.3) is 0 Å². The van der Waals surface area contributed by atoms with E-state index in [0.29, 0.717) is 19.1 Å². The van der Waals surface area contributed by atoms with E-state index in [-0.39, 0.29) is 6.03 Å². The fourth-order valence-corrected chi connectivity index (χ4v) is 3.68. The maximum Gasteiger partial charge on any atom is 0.317 e. The lowest BCUT2D eigenvalue weighted by atomic mass is 9.90. The van der Waals surface area contributed by atoms with Crippen LogP contribution in [-0.2, 0) is 24.2 Å². The minimum atomic E-state index is 0.0771. The van der Waals surface area contributed by atoms with E-state index in [4.69, 9.17) is 4.74 Å². The van der Waals surface area contributed by atoms with Gasteiger partial charge in [0.1, 0.15) is 0 Å². The minimum absolute atomic E-state index is 0.0771. The summed E-state index contributed by atoms with van der Waals surface area (Å²) in [5.74, 6) is 0.659. The summed E-state index contributed by atoms with van der Waals surface area (Å²) < 4.78 is 5.16. The first kappa shape index (κ1) is 19.4. The number of hydrogen-bond donors (Lipinski definition) is 1. The molecule has 1 saturated heterocycles. The average molecular weight is 367 g/mol. The highest BCUT2D eigenvalue weighted by Crippen LogP contribution is 2.22. The Hall–Kier alpha value is -2.33. The monoisotopic (exact) mass is 366 g/mol. The van der Waals surface area contributed by atoms with Gasteiger partial charge >= 0.3 is 6.03 Å². The van der Waals surface area contributed by atoms with Crippen LogP contribution in [0.5, 0.6) is 0 Å². The van der Waals surface area contributed by atoms with Crippen LogP contribution in [0.3, 0.4) is 0 Å². The molecule has 1 fully saturated rings. The van der Waals surface area contributed by atoms with Crippen LogP contribution in [0.4, 0.5) is 4.79 Å². The number of amides is 2. The van der Waals surface area contributed by atoms with Crippen LogP contribution in [0, 0.1) is 5.92 Å². The lowest BCUT2D eigenvalue weighted by Crippen LogP contribution is -2.45. The molecule has 0 bridgehead atoms. The molecule has 1 N–H and O–H groups in total. The van der Waals surface area contributed by atoms with E-state index in [1.165, 1.54) is 16.7 Å². The Labute approximate surface area is 162 Å². The van der Waals surface area contributed by atoms with E-state index in [0.717, 1.165) is 38.8 Å². The van der Waals surface area contributed by atoms with Crippen LogP contribution in [0.15, 0.2) is 54.6 Å². The SMILES string of the molecule is COCc1ccc(CC2CCN(C(=O)NCCc3ccccc3)CC2)cc1. The smallest absolute Gasteiger partial charge is 0.317 e. The topological polar surface area (TPSA) is 41.6 Å². The predicted molar refractivity (Wildman–Crippen MR) is 109 cm³/mol. The number of likely N-dealkylation sites (tertiary alicyclic amines) is 1. The van der Waals surface area contributed by atoms with Gasteiger partial charge in [-0.15, -0.1) is 0 Å². The van der Waals surface area contributed by atoms with E-state index in [2.05, 4.69) is 41.7 Å². The zero-order chi connectivity index (χ0) is 18.9. The van der Waals surface area contributed by atoms with E-state index >= 15 is 0 Å². The molecule has 1 aliphatic heterocycles. The van der Waals surface area contributed by atoms with Crippen molar-refractivity contribution < 1.29 is 9.53 Å². The molecule has 4 heteroatoms. The van der Waals surface area contributed by atoms with Gasteiger partial charge in [0, 0.05) is 26.7 Å². The number of nitrogens with zero attached hydrogens (tertiary/aromatic N) is 1. The summed E-state index contributed by atoms with van der Waals surface area (Å²) in [6.07, 6.45) is 4.12. The van der Waals surface area contributed by atoms with Crippen molar-refractivity contribution in [3.8, 4) is 0 Å². The Balaban J connectivity index is 1.37. The Morgan fingerprint density at radius 1 is 1.00 bits per heavy atom. The molecule has 0 aromatic heterocycles. The first-order valence-electron chi connectivity index (χ1n) is 9.88. The van der Waals surface area contributed by atoms with Crippen molar-refractivity contribution in [2.75, 3.05) is 26.7 Å². The molecule has 1 heterocycles. The summed E-state index contributed by atoms with van der Waals surface area (Å²) in [4.78, 5) is 14.3. The van der Waals surface area contributed by atoms with Crippen molar-refractivity contribution >= 4 is 6.03 Å². The number of benzene rings is 2. The predicted octanol–water partition coefficient (Wildman–Crippen LogP) is 4.04. The summed E-state index contributed by atoms with van der Waals surface area (Å²) in [7, 11) is 1.72. The number of rotatable bonds is 7. The van der Waals surface area contributed by atoms with Crippen LogP contribution >= 0.6 is 0 Å². The Bertz CT molecular complexity index is 692. The van der Waals surface area contributed by atoms with Gasteiger partial charge in [-0.05, 0) is 48.3 Å². The Morgan fingerprint density at radius 2 is 1.67 bits per heavy atom. The summed E-state index contributed by atoms with van der Waals surface area (Å²) in [6, 6.07) is 19.1. The number of carbonyl (C=O) groups excluding carboxylic acids is 1. The van der Waals surface area contributed by atoms with Gasteiger partial charge in [-0.25, -0.2) is 4.79 Å². The summed E-state index contributed by atoms with van der Waals surface area (Å²) in [5.41, 5.74) is 3.84. The second-order valence-corrected chi connectivity index (χ2v) is 7.35. The van der Waals surface area contributed by atoms with E-state index in [9.17, 15) is 4.79 Å². The first-order chi connectivity index (χ1) is 13.2. The van der Waals surface area contributed by atoms with E-state index in [1.807, 2.05) is 23.1 Å². The molecule has 0 atom stereocenters. The lowest BCUT2D eigenvalue weighted by Gasteiger charge is -2.32. The zero-order valence-electron chi connectivity index (χ0n) is 16.2. The molecule has 2 amide bonds. The number of urea groups is 1. The molecule has 0 unspecified atom stereocenters. The van der Waals surface area contributed by atoms with Gasteiger partial charge in [0.05, 0.1) is 6.61 Å². The van der Waals surface area contributed by atoms with Gasteiger partial charge in [-0.3, -0.25) is 0 Å². The third kappa shape index (κ3) is 6.10. The van der Waals surface area contributed by atoms with Crippen molar-refractivity contribution in [3.63, 3.8) is 0 Å². The third-order valence-corrected chi connectivity index (χ3v) is 5.29. The van der Waals surface area contributed by atoms with Crippen molar-refractivity contribution in [3.05, 3.63) is 71.3 Å². The van der Waals surface area contributed by atoms with Gasteiger partial charge < -0.3 is 15.0 Å². The molecule has 0 spiro atoms. The molecule has 1 aliphatic rings. The summed E-state index contributed by atoms with van der Waals surface area (Å²) >= 11 is 0. The number of piperidine rings is 1. The first-order valence-corrected chi connectivity index (χ1v) is 9.88. The van der Waals surface area contributed by atoms with Crippen molar-refractivity contribution in [2.45, 2.75) is 32.3 Å².